The Kier molecular flexibility index (Phi) is 4.01. The summed E-state index contributed by atoms with van der Waals surface area (Å²) in [6, 6.07) is 0.0866. The molecule has 8 nitrogen and oxygen atoms in total. The summed E-state index contributed by atoms with van der Waals surface area (Å²) in [5.74, 6) is 0.203. The summed E-state index contributed by atoms with van der Waals surface area (Å²) in [7, 11) is 1.40. The first kappa shape index (κ1) is 11.4. The predicted octanol–water partition coefficient (Wildman–Crippen LogP) is -1.77. The fourth-order valence-electron chi connectivity index (χ4n) is 0.816. The Morgan fingerprint density at radius 3 is 2.80 bits per heavy atom. The van der Waals surface area contributed by atoms with Crippen LogP contribution in [0.4, 0.5) is 11.9 Å². The molecule has 1 atom stereocenters. The maximum atomic E-state index is 9.07. The number of aliphatic hydroxyl groups excluding tert-OH is 2. The van der Waals surface area contributed by atoms with Crippen molar-refractivity contribution in [3.8, 4) is 6.01 Å². The van der Waals surface area contributed by atoms with Crippen molar-refractivity contribution >= 4 is 11.9 Å². The van der Waals surface area contributed by atoms with Crippen LogP contribution < -0.4 is 15.8 Å². The van der Waals surface area contributed by atoms with Crippen LogP contribution in [-0.4, -0.2) is 51.5 Å². The maximum absolute atomic E-state index is 9.07. The van der Waals surface area contributed by atoms with Gasteiger partial charge in [0.25, 0.3) is 0 Å². The Hall–Kier alpha value is -1.67. The van der Waals surface area contributed by atoms with E-state index in [0.717, 1.165) is 0 Å². The van der Waals surface area contributed by atoms with Crippen LogP contribution in [0.3, 0.4) is 0 Å². The van der Waals surface area contributed by atoms with Gasteiger partial charge in [0.05, 0.1) is 19.8 Å². The number of aliphatic hydroxyl groups is 2. The lowest BCUT2D eigenvalue weighted by molar-refractivity contribution is 0.105. The average molecular weight is 215 g/mol. The van der Waals surface area contributed by atoms with Gasteiger partial charge in [0.1, 0.15) is 0 Å². The molecule has 0 amide bonds. The Morgan fingerprint density at radius 2 is 2.20 bits per heavy atom. The Balaban J connectivity index is 2.64. The van der Waals surface area contributed by atoms with Crippen LogP contribution in [0.1, 0.15) is 0 Å². The zero-order valence-electron chi connectivity index (χ0n) is 8.21. The predicted molar refractivity (Wildman–Crippen MR) is 52.4 cm³/mol. The standard InChI is InChI=1S/C7H13N5O3/c1-15-7-11-5(8)10-6(12-7)9-2-4(14)3-13/h4,13-14H,2-3H2,1H3,(H3,8,9,10,11,12). The molecule has 1 heterocycles. The summed E-state index contributed by atoms with van der Waals surface area (Å²) >= 11 is 0. The smallest absolute Gasteiger partial charge is 0.322 e. The number of aromatic nitrogens is 3. The number of methoxy groups -OCH3 is 1. The molecule has 0 fully saturated rings. The Morgan fingerprint density at radius 1 is 1.47 bits per heavy atom. The molecule has 0 aliphatic heterocycles. The molecule has 1 unspecified atom stereocenters. The molecule has 0 aliphatic carbocycles. The molecule has 0 saturated heterocycles. The van der Waals surface area contributed by atoms with Gasteiger partial charge in [-0.25, -0.2) is 0 Å². The molecule has 0 aromatic carbocycles. The number of nitrogens with zero attached hydrogens (tertiary/aromatic N) is 3. The quantitative estimate of drug-likeness (QED) is 0.454. The summed E-state index contributed by atoms with van der Waals surface area (Å²) in [6.07, 6.45) is -0.881. The second-order valence-corrected chi connectivity index (χ2v) is 2.72. The van der Waals surface area contributed by atoms with Gasteiger partial charge in [0.2, 0.25) is 11.9 Å². The van der Waals surface area contributed by atoms with E-state index in [9.17, 15) is 0 Å². The molecule has 84 valence electrons. The fourth-order valence-corrected chi connectivity index (χ4v) is 0.816. The maximum Gasteiger partial charge on any atom is 0.322 e. The van der Waals surface area contributed by atoms with Gasteiger partial charge in [-0.05, 0) is 0 Å². The third-order valence-electron chi connectivity index (χ3n) is 1.52. The second kappa shape index (κ2) is 5.27. The van der Waals surface area contributed by atoms with Gasteiger partial charge in [-0.1, -0.05) is 0 Å². The molecule has 0 spiro atoms. The van der Waals surface area contributed by atoms with Crippen LogP contribution >= 0.6 is 0 Å². The zero-order chi connectivity index (χ0) is 11.3. The molecular weight excluding hydrogens is 202 g/mol. The molecular formula is C7H13N5O3. The molecule has 0 aliphatic rings. The number of hydrogen-bond acceptors (Lipinski definition) is 8. The van der Waals surface area contributed by atoms with E-state index in [1.807, 2.05) is 0 Å². The lowest BCUT2D eigenvalue weighted by Crippen LogP contribution is -2.24. The summed E-state index contributed by atoms with van der Waals surface area (Å²) in [4.78, 5) is 11.3. The van der Waals surface area contributed by atoms with E-state index >= 15 is 0 Å². The van der Waals surface area contributed by atoms with Crippen molar-refractivity contribution in [2.45, 2.75) is 6.10 Å². The van der Waals surface area contributed by atoms with Crippen LogP contribution in [0.25, 0.3) is 0 Å². The third kappa shape index (κ3) is 3.52. The number of anilines is 2. The van der Waals surface area contributed by atoms with Gasteiger partial charge < -0.3 is 26.0 Å². The Bertz CT molecular complexity index is 321. The average Bonchev–Trinajstić information content (AvgIpc) is 2.25. The van der Waals surface area contributed by atoms with Gasteiger partial charge in [-0.2, -0.15) is 15.0 Å². The number of nitrogens with one attached hydrogen (secondary N) is 1. The minimum absolute atomic E-state index is 0.0165. The molecule has 0 bridgehead atoms. The number of nitrogens with two attached hydrogens (primary N) is 1. The van der Waals surface area contributed by atoms with Crippen molar-refractivity contribution in [1.29, 1.82) is 0 Å². The number of ether oxygens (including phenoxy) is 1. The van der Waals surface area contributed by atoms with Crippen molar-refractivity contribution in [2.75, 3.05) is 31.3 Å². The van der Waals surface area contributed by atoms with E-state index in [1.165, 1.54) is 7.11 Å². The molecule has 1 aromatic heterocycles. The van der Waals surface area contributed by atoms with Gasteiger partial charge in [0, 0.05) is 6.54 Å². The molecule has 0 radical (unpaired) electrons. The van der Waals surface area contributed by atoms with E-state index in [0.29, 0.717) is 0 Å². The van der Waals surface area contributed by atoms with E-state index in [1.54, 1.807) is 0 Å². The highest BCUT2D eigenvalue weighted by Gasteiger charge is 2.06. The van der Waals surface area contributed by atoms with Gasteiger partial charge in [-0.3, -0.25) is 0 Å². The Labute approximate surface area is 86.1 Å². The van der Waals surface area contributed by atoms with Crippen LogP contribution in [0.2, 0.25) is 0 Å². The molecule has 15 heavy (non-hydrogen) atoms. The van der Waals surface area contributed by atoms with Crippen molar-refractivity contribution in [3.63, 3.8) is 0 Å². The highest BCUT2D eigenvalue weighted by molar-refractivity contribution is 5.32. The van der Waals surface area contributed by atoms with E-state index in [2.05, 4.69) is 20.3 Å². The summed E-state index contributed by atoms with van der Waals surface area (Å²) in [5.41, 5.74) is 5.38. The van der Waals surface area contributed by atoms with Crippen LogP contribution in [0, 0.1) is 0 Å². The topological polar surface area (TPSA) is 126 Å². The molecule has 5 N–H and O–H groups in total. The van der Waals surface area contributed by atoms with Gasteiger partial charge >= 0.3 is 6.01 Å². The minimum Gasteiger partial charge on any atom is -0.467 e. The van der Waals surface area contributed by atoms with Crippen molar-refractivity contribution in [1.82, 2.24) is 15.0 Å². The highest BCUT2D eigenvalue weighted by Crippen LogP contribution is 2.07. The fraction of sp³-hybridized carbons (Fsp3) is 0.571. The lowest BCUT2D eigenvalue weighted by atomic mass is 10.4. The molecule has 1 aromatic rings. The number of nitrogen functional groups attached to an aromatic ring is 1. The van der Waals surface area contributed by atoms with Crippen LogP contribution in [-0.2, 0) is 0 Å². The largest absolute Gasteiger partial charge is 0.467 e. The number of hydrogen-bond donors (Lipinski definition) is 4. The minimum atomic E-state index is -0.881. The first-order valence-corrected chi connectivity index (χ1v) is 4.24. The second-order valence-electron chi connectivity index (χ2n) is 2.72. The van der Waals surface area contributed by atoms with E-state index in [-0.39, 0.29) is 31.1 Å². The zero-order valence-corrected chi connectivity index (χ0v) is 8.21. The normalized spacial score (nSPS) is 12.2. The first-order valence-electron chi connectivity index (χ1n) is 4.24. The van der Waals surface area contributed by atoms with E-state index in [4.69, 9.17) is 20.7 Å². The highest BCUT2D eigenvalue weighted by atomic mass is 16.5. The third-order valence-corrected chi connectivity index (χ3v) is 1.52. The van der Waals surface area contributed by atoms with Gasteiger partial charge in [-0.15, -0.1) is 0 Å². The molecule has 0 saturated carbocycles. The monoisotopic (exact) mass is 215 g/mol. The summed E-state index contributed by atoms with van der Waals surface area (Å²) in [5, 5.41) is 20.3. The first-order chi connectivity index (χ1) is 7.15. The van der Waals surface area contributed by atoms with Crippen molar-refractivity contribution in [2.24, 2.45) is 0 Å². The van der Waals surface area contributed by atoms with Gasteiger partial charge in [0.15, 0.2) is 0 Å². The van der Waals surface area contributed by atoms with E-state index < -0.39 is 6.10 Å². The molecule has 1 rings (SSSR count). The van der Waals surface area contributed by atoms with Crippen molar-refractivity contribution < 1.29 is 14.9 Å². The molecule has 8 heteroatoms. The van der Waals surface area contributed by atoms with Crippen LogP contribution in [0.15, 0.2) is 0 Å². The number of rotatable bonds is 5. The summed E-state index contributed by atoms with van der Waals surface area (Å²) < 4.78 is 4.77. The van der Waals surface area contributed by atoms with Crippen LogP contribution in [0.5, 0.6) is 6.01 Å². The SMILES string of the molecule is COc1nc(N)nc(NCC(O)CO)n1. The lowest BCUT2D eigenvalue weighted by Gasteiger charge is -2.09. The summed E-state index contributed by atoms with van der Waals surface area (Å²) in [6.45, 7) is -0.228. The van der Waals surface area contributed by atoms with Crippen molar-refractivity contribution in [3.05, 3.63) is 0 Å².